The first-order chi connectivity index (χ1) is 15.6. The fourth-order valence-corrected chi connectivity index (χ4v) is 4.68. The van der Waals surface area contributed by atoms with Gasteiger partial charge in [-0.1, -0.05) is 48.5 Å². The van der Waals surface area contributed by atoms with E-state index in [0.29, 0.717) is 18.8 Å². The molecule has 2 atom stereocenters. The number of ketones is 1. The highest BCUT2D eigenvalue weighted by atomic mass is 16.5. The van der Waals surface area contributed by atoms with Crippen LogP contribution in [0, 0.1) is 0 Å². The molecule has 5 nitrogen and oxygen atoms in total. The number of phenols is 1. The van der Waals surface area contributed by atoms with Gasteiger partial charge in [0.1, 0.15) is 0 Å². The molecule has 2 aliphatic rings. The van der Waals surface area contributed by atoms with Crippen molar-refractivity contribution < 1.29 is 14.6 Å². The van der Waals surface area contributed by atoms with E-state index in [1.165, 1.54) is 5.56 Å². The molecule has 0 amide bonds. The number of aromatic hydroxyl groups is 1. The van der Waals surface area contributed by atoms with E-state index < -0.39 is 0 Å². The normalized spacial score (nSPS) is 19.8. The van der Waals surface area contributed by atoms with Gasteiger partial charge in [-0.05, 0) is 54.7 Å². The first-order valence-electron chi connectivity index (χ1n) is 11.0. The Morgan fingerprint density at radius 2 is 1.69 bits per heavy atom. The summed E-state index contributed by atoms with van der Waals surface area (Å²) in [5.74, 6) is 0.782. The van der Waals surface area contributed by atoms with Crippen molar-refractivity contribution in [3.63, 3.8) is 0 Å². The summed E-state index contributed by atoms with van der Waals surface area (Å²) < 4.78 is 5.61. The molecular weight excluding hydrogens is 400 g/mol. The molecule has 0 saturated carbocycles. The number of nitrogens with one attached hydrogen (secondary N) is 2. The lowest BCUT2D eigenvalue weighted by Crippen LogP contribution is -2.26. The zero-order valence-electron chi connectivity index (χ0n) is 18.0. The van der Waals surface area contributed by atoms with Crippen molar-refractivity contribution in [3.05, 3.63) is 95.2 Å². The average molecular weight is 427 g/mol. The van der Waals surface area contributed by atoms with Crippen molar-refractivity contribution in [3.8, 4) is 11.5 Å². The smallest absolute Gasteiger partial charge is 0.163 e. The number of allylic oxidation sites excluding steroid dienone is 1. The van der Waals surface area contributed by atoms with Gasteiger partial charge < -0.3 is 20.5 Å². The fourth-order valence-electron chi connectivity index (χ4n) is 4.68. The standard InChI is InChI=1S/C27H26N2O3/c1-2-32-25-16-18(12-13-23(25)30)27-26-22(28-20-10-6-7-11-21(20)29-27)14-19(15-24(26)31)17-8-4-3-5-9-17/h3-13,16,19,27-30H,2,14-15H2,1H3/t19-,27+/m0/s1. The second-order valence-electron chi connectivity index (χ2n) is 8.24. The Morgan fingerprint density at radius 1 is 0.938 bits per heavy atom. The molecule has 3 N–H and O–H groups in total. The summed E-state index contributed by atoms with van der Waals surface area (Å²) in [7, 11) is 0. The van der Waals surface area contributed by atoms with Crippen LogP contribution in [0.1, 0.15) is 42.9 Å². The van der Waals surface area contributed by atoms with Crippen LogP contribution in [0.5, 0.6) is 11.5 Å². The van der Waals surface area contributed by atoms with Gasteiger partial charge in [0.05, 0.1) is 24.0 Å². The fraction of sp³-hybridized carbons (Fsp3) is 0.222. The SMILES string of the molecule is CCOc1cc([C@H]2Nc3ccccc3NC3=C2C(=O)C[C@@H](c2ccccc2)C3)ccc1O. The van der Waals surface area contributed by atoms with Crippen molar-refractivity contribution in [2.75, 3.05) is 17.2 Å². The lowest BCUT2D eigenvalue weighted by Gasteiger charge is -2.30. The van der Waals surface area contributed by atoms with E-state index in [4.69, 9.17) is 4.74 Å². The van der Waals surface area contributed by atoms with Crippen molar-refractivity contribution in [2.45, 2.75) is 31.7 Å². The largest absolute Gasteiger partial charge is 0.504 e. The molecule has 0 unspecified atom stereocenters. The number of phenolic OH excluding ortho intramolecular Hbond substituents is 1. The molecule has 3 aromatic rings. The molecule has 5 heteroatoms. The number of benzene rings is 3. The number of hydrogen-bond acceptors (Lipinski definition) is 5. The lowest BCUT2D eigenvalue weighted by molar-refractivity contribution is -0.116. The lowest BCUT2D eigenvalue weighted by atomic mass is 9.78. The Morgan fingerprint density at radius 3 is 2.47 bits per heavy atom. The summed E-state index contributed by atoms with van der Waals surface area (Å²) in [5, 5.41) is 17.3. The molecule has 0 bridgehead atoms. The van der Waals surface area contributed by atoms with Crippen LogP contribution in [-0.4, -0.2) is 17.5 Å². The van der Waals surface area contributed by atoms with Gasteiger partial charge in [0.25, 0.3) is 0 Å². The number of hydrogen-bond donors (Lipinski definition) is 3. The zero-order valence-corrected chi connectivity index (χ0v) is 18.0. The topological polar surface area (TPSA) is 70.6 Å². The molecule has 1 aliphatic heterocycles. The quantitative estimate of drug-likeness (QED) is 0.494. The maximum absolute atomic E-state index is 13.6. The minimum Gasteiger partial charge on any atom is -0.504 e. The van der Waals surface area contributed by atoms with E-state index >= 15 is 0 Å². The Bertz CT molecular complexity index is 1190. The van der Waals surface area contributed by atoms with Crippen LogP contribution in [0.2, 0.25) is 0 Å². The van der Waals surface area contributed by atoms with Crippen molar-refractivity contribution in [1.29, 1.82) is 0 Å². The van der Waals surface area contributed by atoms with Gasteiger partial charge in [-0.15, -0.1) is 0 Å². The van der Waals surface area contributed by atoms with E-state index in [1.54, 1.807) is 6.07 Å². The van der Waals surface area contributed by atoms with Gasteiger partial charge in [0.15, 0.2) is 17.3 Å². The van der Waals surface area contributed by atoms with Gasteiger partial charge in [0.2, 0.25) is 0 Å². The van der Waals surface area contributed by atoms with E-state index in [2.05, 4.69) is 22.8 Å². The number of Topliss-reactive ketones (excluding diaryl/α,β-unsaturated/α-hetero) is 1. The van der Waals surface area contributed by atoms with Gasteiger partial charge in [-0.3, -0.25) is 4.79 Å². The molecule has 0 saturated heterocycles. The maximum Gasteiger partial charge on any atom is 0.163 e. The Balaban J connectivity index is 1.61. The number of anilines is 2. The molecule has 1 aliphatic carbocycles. The molecule has 0 radical (unpaired) electrons. The molecule has 1 heterocycles. The highest BCUT2D eigenvalue weighted by Gasteiger charge is 2.36. The molecular formula is C27H26N2O3. The second kappa shape index (κ2) is 8.42. The van der Waals surface area contributed by atoms with E-state index in [1.807, 2.05) is 61.5 Å². The minimum atomic E-state index is -0.342. The van der Waals surface area contributed by atoms with Gasteiger partial charge in [-0.2, -0.15) is 0 Å². The number of ether oxygens (including phenoxy) is 1. The van der Waals surface area contributed by atoms with Crippen LogP contribution in [0.4, 0.5) is 11.4 Å². The second-order valence-corrected chi connectivity index (χ2v) is 8.24. The number of carbonyl (C=O) groups is 1. The van der Waals surface area contributed by atoms with Crippen molar-refractivity contribution >= 4 is 17.2 Å². The molecule has 5 rings (SSSR count). The van der Waals surface area contributed by atoms with Crippen LogP contribution in [0.15, 0.2) is 84.1 Å². The molecule has 162 valence electrons. The number of para-hydroxylation sites is 2. The van der Waals surface area contributed by atoms with Crippen LogP contribution >= 0.6 is 0 Å². The average Bonchev–Trinajstić information content (AvgIpc) is 2.98. The summed E-state index contributed by atoms with van der Waals surface area (Å²) in [4.78, 5) is 13.6. The monoisotopic (exact) mass is 426 g/mol. The summed E-state index contributed by atoms with van der Waals surface area (Å²) >= 11 is 0. The van der Waals surface area contributed by atoms with Crippen LogP contribution in [0.3, 0.4) is 0 Å². The third-order valence-corrected chi connectivity index (χ3v) is 6.20. The van der Waals surface area contributed by atoms with Gasteiger partial charge in [-0.25, -0.2) is 0 Å². The van der Waals surface area contributed by atoms with Crippen LogP contribution in [0.25, 0.3) is 0 Å². The van der Waals surface area contributed by atoms with E-state index in [-0.39, 0.29) is 23.5 Å². The predicted molar refractivity (Wildman–Crippen MR) is 126 cm³/mol. The summed E-state index contributed by atoms with van der Waals surface area (Å²) in [6, 6.07) is 23.2. The third-order valence-electron chi connectivity index (χ3n) is 6.20. The minimum absolute atomic E-state index is 0.0936. The summed E-state index contributed by atoms with van der Waals surface area (Å²) in [6.45, 7) is 2.33. The zero-order chi connectivity index (χ0) is 22.1. The van der Waals surface area contributed by atoms with Crippen molar-refractivity contribution in [1.82, 2.24) is 0 Å². The summed E-state index contributed by atoms with van der Waals surface area (Å²) in [6.07, 6.45) is 1.23. The van der Waals surface area contributed by atoms with Gasteiger partial charge >= 0.3 is 0 Å². The molecule has 32 heavy (non-hydrogen) atoms. The molecule has 0 fully saturated rings. The van der Waals surface area contributed by atoms with Crippen LogP contribution < -0.4 is 15.4 Å². The first-order valence-corrected chi connectivity index (χ1v) is 11.0. The van der Waals surface area contributed by atoms with Crippen molar-refractivity contribution in [2.24, 2.45) is 0 Å². The first kappa shape index (κ1) is 20.2. The summed E-state index contributed by atoms with van der Waals surface area (Å²) in [5.41, 5.74) is 5.64. The Labute approximate surface area is 187 Å². The van der Waals surface area contributed by atoms with E-state index in [0.717, 1.165) is 34.6 Å². The Kier molecular flexibility index (Phi) is 5.31. The highest BCUT2D eigenvalue weighted by molar-refractivity contribution is 6.01. The number of carbonyl (C=O) groups excluding carboxylic acids is 1. The Hall–Kier alpha value is -3.73. The molecule has 0 spiro atoms. The third kappa shape index (κ3) is 3.71. The van der Waals surface area contributed by atoms with Gasteiger partial charge in [0, 0.05) is 17.7 Å². The predicted octanol–water partition coefficient (Wildman–Crippen LogP) is 5.77. The number of fused-ring (bicyclic) bond motifs is 1. The van der Waals surface area contributed by atoms with E-state index in [9.17, 15) is 9.90 Å². The molecule has 3 aromatic carbocycles. The van der Waals surface area contributed by atoms with Crippen LogP contribution in [-0.2, 0) is 4.79 Å². The molecule has 0 aromatic heterocycles. The highest BCUT2D eigenvalue weighted by Crippen LogP contribution is 2.45. The maximum atomic E-state index is 13.6. The number of rotatable bonds is 4.